The minimum atomic E-state index is 0.0819. The number of nitrogens with zero attached hydrogens (tertiary/aromatic N) is 3. The van der Waals surface area contributed by atoms with Crippen LogP contribution in [0.3, 0.4) is 0 Å². The summed E-state index contributed by atoms with van der Waals surface area (Å²) in [6.45, 7) is 4.00. The fourth-order valence-electron chi connectivity index (χ4n) is 1.11. The molecule has 86 valence electrons. The van der Waals surface area contributed by atoms with Crippen molar-refractivity contribution in [1.82, 2.24) is 9.88 Å². The van der Waals surface area contributed by atoms with Gasteiger partial charge in [-0.05, 0) is 21.0 Å². The highest BCUT2D eigenvalue weighted by Gasteiger charge is 2.09. The van der Waals surface area contributed by atoms with E-state index < -0.39 is 0 Å². The molecule has 0 saturated heterocycles. The van der Waals surface area contributed by atoms with Crippen LogP contribution in [0.2, 0.25) is 0 Å². The maximum Gasteiger partial charge on any atom is 0.185 e. The van der Waals surface area contributed by atoms with Gasteiger partial charge in [-0.25, -0.2) is 4.98 Å². The Bertz CT molecular complexity index is 295. The van der Waals surface area contributed by atoms with Crippen LogP contribution in [0.25, 0.3) is 0 Å². The van der Waals surface area contributed by atoms with Crippen molar-refractivity contribution in [3.63, 3.8) is 0 Å². The molecule has 1 aromatic rings. The summed E-state index contributed by atoms with van der Waals surface area (Å²) in [5.74, 6) is 0. The first-order valence-corrected chi connectivity index (χ1v) is 5.89. The fourth-order valence-corrected chi connectivity index (χ4v) is 1.96. The summed E-state index contributed by atoms with van der Waals surface area (Å²) in [7, 11) is 6.21. The van der Waals surface area contributed by atoms with Crippen LogP contribution >= 0.6 is 11.3 Å². The normalized spacial score (nSPS) is 13.2. The summed E-state index contributed by atoms with van der Waals surface area (Å²) >= 11 is 1.67. The van der Waals surface area contributed by atoms with E-state index in [-0.39, 0.29) is 6.04 Å². The number of anilines is 1. The lowest BCUT2D eigenvalue weighted by Crippen LogP contribution is -2.28. The van der Waals surface area contributed by atoms with Crippen LogP contribution < -0.4 is 10.6 Å². The summed E-state index contributed by atoms with van der Waals surface area (Å²) in [6, 6.07) is 0.0819. The maximum atomic E-state index is 5.79. The van der Waals surface area contributed by atoms with E-state index in [0.717, 1.165) is 23.1 Å². The molecule has 0 fully saturated rings. The molecular formula is C10H20N4S. The predicted molar refractivity (Wildman–Crippen MR) is 66.5 cm³/mol. The standard InChI is InChI=1S/C10H20N4S/c1-8(11)9-7-12-10(15-9)14(4)6-5-13(2)3/h7-8H,5-6,11H2,1-4H3. The van der Waals surface area contributed by atoms with E-state index in [1.807, 2.05) is 13.1 Å². The fraction of sp³-hybridized carbons (Fsp3) is 0.700. The van der Waals surface area contributed by atoms with Crippen LogP contribution in [0.15, 0.2) is 6.20 Å². The molecule has 0 aliphatic carbocycles. The van der Waals surface area contributed by atoms with E-state index in [2.05, 4.69) is 35.9 Å². The minimum Gasteiger partial charge on any atom is -0.350 e. The topological polar surface area (TPSA) is 45.4 Å². The summed E-state index contributed by atoms with van der Waals surface area (Å²) in [6.07, 6.45) is 1.87. The van der Waals surface area contributed by atoms with E-state index >= 15 is 0 Å². The van der Waals surface area contributed by atoms with Gasteiger partial charge in [0.1, 0.15) is 0 Å². The third-order valence-corrected chi connectivity index (χ3v) is 3.48. The third-order valence-electron chi connectivity index (χ3n) is 2.17. The molecule has 0 amide bonds. The van der Waals surface area contributed by atoms with Gasteiger partial charge < -0.3 is 15.5 Å². The Morgan fingerprint density at radius 2 is 2.07 bits per heavy atom. The molecule has 0 saturated carbocycles. The smallest absolute Gasteiger partial charge is 0.185 e. The summed E-state index contributed by atoms with van der Waals surface area (Å²) in [5, 5.41) is 1.05. The van der Waals surface area contributed by atoms with Crippen molar-refractivity contribution in [2.75, 3.05) is 39.1 Å². The van der Waals surface area contributed by atoms with Gasteiger partial charge in [0, 0.05) is 37.3 Å². The van der Waals surface area contributed by atoms with Crippen LogP contribution in [0, 0.1) is 0 Å². The van der Waals surface area contributed by atoms with Gasteiger partial charge >= 0.3 is 0 Å². The highest BCUT2D eigenvalue weighted by atomic mass is 32.1. The molecular weight excluding hydrogens is 208 g/mol. The van der Waals surface area contributed by atoms with Crippen LogP contribution in [0.5, 0.6) is 0 Å². The number of rotatable bonds is 5. The van der Waals surface area contributed by atoms with E-state index in [4.69, 9.17) is 5.73 Å². The maximum absolute atomic E-state index is 5.79. The molecule has 0 radical (unpaired) electrons. The van der Waals surface area contributed by atoms with Gasteiger partial charge in [-0.2, -0.15) is 0 Å². The first-order valence-electron chi connectivity index (χ1n) is 5.08. The highest BCUT2D eigenvalue weighted by Crippen LogP contribution is 2.24. The van der Waals surface area contributed by atoms with Gasteiger partial charge in [0.2, 0.25) is 0 Å². The number of aromatic nitrogens is 1. The van der Waals surface area contributed by atoms with Crippen molar-refractivity contribution < 1.29 is 0 Å². The molecule has 1 heterocycles. The van der Waals surface area contributed by atoms with Crippen molar-refractivity contribution in [1.29, 1.82) is 0 Å². The lowest BCUT2D eigenvalue weighted by Gasteiger charge is -2.18. The number of nitrogens with two attached hydrogens (primary N) is 1. The van der Waals surface area contributed by atoms with Gasteiger partial charge in [-0.15, -0.1) is 11.3 Å². The van der Waals surface area contributed by atoms with E-state index in [9.17, 15) is 0 Å². The molecule has 1 aromatic heterocycles. The monoisotopic (exact) mass is 228 g/mol. The second kappa shape index (κ2) is 5.44. The molecule has 0 aliphatic rings. The van der Waals surface area contributed by atoms with Crippen LogP contribution in [0.1, 0.15) is 17.8 Å². The Labute approximate surface area is 95.7 Å². The predicted octanol–water partition coefficient (Wildman–Crippen LogP) is 1.16. The molecule has 0 aliphatic heterocycles. The SMILES string of the molecule is CC(N)c1cnc(N(C)CCN(C)C)s1. The first kappa shape index (κ1) is 12.4. The molecule has 0 spiro atoms. The summed E-state index contributed by atoms with van der Waals surface area (Å²) in [5.41, 5.74) is 5.79. The molecule has 1 unspecified atom stereocenters. The highest BCUT2D eigenvalue weighted by molar-refractivity contribution is 7.15. The molecule has 0 aromatic carbocycles. The molecule has 2 N–H and O–H groups in total. The Balaban J connectivity index is 2.54. The Kier molecular flexibility index (Phi) is 4.50. The number of hydrogen-bond acceptors (Lipinski definition) is 5. The van der Waals surface area contributed by atoms with Crippen LogP contribution in [-0.4, -0.2) is 44.1 Å². The van der Waals surface area contributed by atoms with Crippen LogP contribution in [-0.2, 0) is 0 Å². The molecule has 4 nitrogen and oxygen atoms in total. The number of likely N-dealkylation sites (N-methyl/N-ethyl adjacent to an activating group) is 2. The van der Waals surface area contributed by atoms with Gasteiger partial charge in [0.25, 0.3) is 0 Å². The van der Waals surface area contributed by atoms with E-state index in [1.165, 1.54) is 0 Å². The van der Waals surface area contributed by atoms with Crippen LogP contribution in [0.4, 0.5) is 5.13 Å². The zero-order valence-electron chi connectivity index (χ0n) is 9.90. The van der Waals surface area contributed by atoms with Crippen molar-refractivity contribution in [2.45, 2.75) is 13.0 Å². The zero-order chi connectivity index (χ0) is 11.4. The molecule has 0 bridgehead atoms. The first-order chi connectivity index (χ1) is 7.00. The van der Waals surface area contributed by atoms with Crippen molar-refractivity contribution in [3.8, 4) is 0 Å². The summed E-state index contributed by atoms with van der Waals surface area (Å²) in [4.78, 5) is 9.83. The van der Waals surface area contributed by atoms with E-state index in [1.54, 1.807) is 11.3 Å². The van der Waals surface area contributed by atoms with Crippen molar-refractivity contribution in [3.05, 3.63) is 11.1 Å². The second-order valence-electron chi connectivity index (χ2n) is 4.06. The van der Waals surface area contributed by atoms with Gasteiger partial charge in [-0.3, -0.25) is 0 Å². The minimum absolute atomic E-state index is 0.0819. The average Bonchev–Trinajstić information content (AvgIpc) is 2.62. The number of hydrogen-bond donors (Lipinski definition) is 1. The van der Waals surface area contributed by atoms with Crippen molar-refractivity contribution >= 4 is 16.5 Å². The lowest BCUT2D eigenvalue weighted by molar-refractivity contribution is 0.416. The second-order valence-corrected chi connectivity index (χ2v) is 5.10. The summed E-state index contributed by atoms with van der Waals surface area (Å²) < 4.78 is 0. The lowest BCUT2D eigenvalue weighted by atomic mass is 10.3. The Hall–Kier alpha value is -0.650. The van der Waals surface area contributed by atoms with Crippen molar-refractivity contribution in [2.24, 2.45) is 5.73 Å². The average molecular weight is 228 g/mol. The van der Waals surface area contributed by atoms with Gasteiger partial charge in [0.05, 0.1) is 0 Å². The van der Waals surface area contributed by atoms with E-state index in [0.29, 0.717) is 0 Å². The molecule has 5 heteroatoms. The Morgan fingerprint density at radius 1 is 1.40 bits per heavy atom. The molecule has 1 rings (SSSR count). The van der Waals surface area contributed by atoms with Gasteiger partial charge in [0.15, 0.2) is 5.13 Å². The van der Waals surface area contributed by atoms with Gasteiger partial charge in [-0.1, -0.05) is 0 Å². The Morgan fingerprint density at radius 3 is 2.53 bits per heavy atom. The molecule has 15 heavy (non-hydrogen) atoms. The zero-order valence-corrected chi connectivity index (χ0v) is 10.7. The largest absolute Gasteiger partial charge is 0.350 e. The molecule has 1 atom stereocenters. The number of thiazole rings is 1. The quantitative estimate of drug-likeness (QED) is 0.821. The third kappa shape index (κ3) is 3.77.